The number of nitrogens with zero attached hydrogens (tertiary/aromatic N) is 1. The quantitative estimate of drug-likeness (QED) is 0.639. The Balaban J connectivity index is 2.03. The molecule has 0 unspecified atom stereocenters. The molecule has 1 aliphatic heterocycles. The van der Waals surface area contributed by atoms with Gasteiger partial charge in [-0.05, 0) is 18.2 Å². The maximum absolute atomic E-state index is 11.3. The molecule has 2 aromatic rings. The number of hydrogen-bond acceptors (Lipinski definition) is 4. The van der Waals surface area contributed by atoms with Gasteiger partial charge in [-0.15, -0.1) is 0 Å². The van der Waals surface area contributed by atoms with Gasteiger partial charge in [-0.25, -0.2) is 0 Å². The first-order valence-electron chi connectivity index (χ1n) is 6.44. The van der Waals surface area contributed by atoms with E-state index in [1.54, 1.807) is 49.6 Å². The van der Waals surface area contributed by atoms with Crippen LogP contribution >= 0.6 is 0 Å². The number of rotatable bonds is 3. The molecule has 2 aromatic carbocycles. The molecule has 5 heteroatoms. The van der Waals surface area contributed by atoms with E-state index >= 15 is 0 Å². The SMILES string of the molecule is COc1ccc([C@@H]2Oc3ccccc3C=C2[N+](=O)[O-])cc1. The van der Waals surface area contributed by atoms with E-state index < -0.39 is 11.0 Å². The van der Waals surface area contributed by atoms with Crippen LogP contribution in [0, 0.1) is 10.1 Å². The summed E-state index contributed by atoms with van der Waals surface area (Å²) in [7, 11) is 1.57. The van der Waals surface area contributed by atoms with Gasteiger partial charge in [0.25, 0.3) is 5.70 Å². The summed E-state index contributed by atoms with van der Waals surface area (Å²) in [5, 5.41) is 11.3. The standard InChI is InChI=1S/C16H13NO4/c1-20-13-8-6-11(7-9-13)16-14(17(18)19)10-12-4-2-3-5-15(12)21-16/h2-10,16H,1H3/t16-/m0/s1. The molecule has 0 N–H and O–H groups in total. The molecule has 0 saturated heterocycles. The van der Waals surface area contributed by atoms with Crippen molar-refractivity contribution in [3.05, 3.63) is 75.5 Å². The first-order chi connectivity index (χ1) is 10.2. The third kappa shape index (κ3) is 2.45. The Kier molecular flexibility index (Phi) is 3.31. The molecule has 0 radical (unpaired) electrons. The number of ether oxygens (including phenoxy) is 2. The fourth-order valence-corrected chi connectivity index (χ4v) is 2.30. The van der Waals surface area contributed by atoms with Crippen LogP contribution in [0.2, 0.25) is 0 Å². The first kappa shape index (κ1) is 13.2. The number of hydrogen-bond donors (Lipinski definition) is 0. The largest absolute Gasteiger partial charge is 0.497 e. The van der Waals surface area contributed by atoms with Crippen LogP contribution in [0.25, 0.3) is 6.08 Å². The van der Waals surface area contributed by atoms with Crippen molar-refractivity contribution < 1.29 is 14.4 Å². The highest BCUT2D eigenvalue weighted by Gasteiger charge is 2.32. The fraction of sp³-hybridized carbons (Fsp3) is 0.125. The molecular formula is C16H13NO4. The topological polar surface area (TPSA) is 61.6 Å². The van der Waals surface area contributed by atoms with Gasteiger partial charge in [-0.3, -0.25) is 10.1 Å². The van der Waals surface area contributed by atoms with Crippen LogP contribution in [-0.4, -0.2) is 12.0 Å². The maximum Gasteiger partial charge on any atom is 0.291 e. The molecule has 0 fully saturated rings. The van der Waals surface area contributed by atoms with Crippen LogP contribution in [0.3, 0.4) is 0 Å². The molecule has 21 heavy (non-hydrogen) atoms. The van der Waals surface area contributed by atoms with Crippen molar-refractivity contribution in [1.29, 1.82) is 0 Å². The Morgan fingerprint density at radius 3 is 2.52 bits per heavy atom. The summed E-state index contributed by atoms with van der Waals surface area (Å²) in [6.07, 6.45) is 0.842. The van der Waals surface area contributed by atoms with Crippen molar-refractivity contribution in [3.8, 4) is 11.5 Å². The smallest absolute Gasteiger partial charge is 0.291 e. The highest BCUT2D eigenvalue weighted by atomic mass is 16.6. The number of nitro groups is 1. The van der Waals surface area contributed by atoms with Gasteiger partial charge in [0.1, 0.15) is 11.5 Å². The van der Waals surface area contributed by atoms with Gasteiger partial charge < -0.3 is 9.47 Å². The minimum Gasteiger partial charge on any atom is -0.497 e. The summed E-state index contributed by atoms with van der Waals surface area (Å²) in [5.74, 6) is 1.34. The minimum atomic E-state index is -0.721. The van der Waals surface area contributed by atoms with E-state index in [-0.39, 0.29) is 5.70 Å². The molecule has 0 spiro atoms. The van der Waals surface area contributed by atoms with Crippen LogP contribution in [0.5, 0.6) is 11.5 Å². The van der Waals surface area contributed by atoms with Gasteiger partial charge in [-0.1, -0.05) is 30.3 Å². The Bertz CT molecular complexity index is 706. The van der Waals surface area contributed by atoms with Crippen LogP contribution < -0.4 is 9.47 Å². The van der Waals surface area contributed by atoms with E-state index in [2.05, 4.69) is 0 Å². The van der Waals surface area contributed by atoms with Crippen molar-refractivity contribution in [2.75, 3.05) is 7.11 Å². The van der Waals surface area contributed by atoms with Crippen molar-refractivity contribution in [1.82, 2.24) is 0 Å². The van der Waals surface area contributed by atoms with E-state index in [0.717, 1.165) is 0 Å². The lowest BCUT2D eigenvalue weighted by Gasteiger charge is -2.22. The zero-order valence-corrected chi connectivity index (χ0v) is 11.4. The normalized spacial score (nSPS) is 16.4. The maximum atomic E-state index is 11.3. The summed E-state index contributed by atoms with van der Waals surface area (Å²) >= 11 is 0. The molecule has 0 amide bonds. The molecular weight excluding hydrogens is 270 g/mol. The van der Waals surface area contributed by atoms with Gasteiger partial charge in [-0.2, -0.15) is 0 Å². The Morgan fingerprint density at radius 1 is 1.14 bits per heavy atom. The van der Waals surface area contributed by atoms with E-state index in [9.17, 15) is 10.1 Å². The molecule has 0 saturated carbocycles. The van der Waals surface area contributed by atoms with Gasteiger partial charge >= 0.3 is 0 Å². The van der Waals surface area contributed by atoms with Crippen LogP contribution in [0.15, 0.2) is 54.2 Å². The monoisotopic (exact) mass is 283 g/mol. The highest BCUT2D eigenvalue weighted by molar-refractivity contribution is 5.62. The molecule has 3 rings (SSSR count). The van der Waals surface area contributed by atoms with E-state index in [1.165, 1.54) is 0 Å². The van der Waals surface area contributed by atoms with Crippen molar-refractivity contribution in [3.63, 3.8) is 0 Å². The van der Waals surface area contributed by atoms with E-state index in [0.29, 0.717) is 22.6 Å². The third-order valence-corrected chi connectivity index (χ3v) is 3.37. The molecule has 0 aromatic heterocycles. The number of methoxy groups -OCH3 is 1. The lowest BCUT2D eigenvalue weighted by Crippen LogP contribution is -2.19. The Hall–Kier alpha value is -2.82. The second-order valence-electron chi connectivity index (χ2n) is 4.64. The molecule has 1 atom stereocenters. The minimum absolute atomic E-state index is 0.0267. The fourth-order valence-electron chi connectivity index (χ4n) is 2.30. The lowest BCUT2D eigenvalue weighted by atomic mass is 10.0. The average molecular weight is 283 g/mol. The second-order valence-corrected chi connectivity index (χ2v) is 4.64. The lowest BCUT2D eigenvalue weighted by molar-refractivity contribution is -0.434. The average Bonchev–Trinajstić information content (AvgIpc) is 2.53. The number of para-hydroxylation sites is 1. The summed E-state index contributed by atoms with van der Waals surface area (Å²) < 4.78 is 10.9. The summed E-state index contributed by atoms with van der Waals surface area (Å²) in [5.41, 5.74) is 1.46. The zero-order valence-electron chi connectivity index (χ0n) is 11.4. The number of fused-ring (bicyclic) bond motifs is 1. The van der Waals surface area contributed by atoms with Crippen molar-refractivity contribution in [2.24, 2.45) is 0 Å². The summed E-state index contributed by atoms with van der Waals surface area (Å²) in [6, 6.07) is 14.3. The molecule has 0 aliphatic carbocycles. The Morgan fingerprint density at radius 2 is 1.86 bits per heavy atom. The predicted octanol–water partition coefficient (Wildman–Crippen LogP) is 3.45. The van der Waals surface area contributed by atoms with Crippen LogP contribution in [0.4, 0.5) is 0 Å². The second kappa shape index (κ2) is 5.28. The number of benzene rings is 2. The zero-order chi connectivity index (χ0) is 14.8. The van der Waals surface area contributed by atoms with Gasteiger partial charge in [0, 0.05) is 17.2 Å². The molecule has 106 valence electrons. The van der Waals surface area contributed by atoms with Crippen LogP contribution in [-0.2, 0) is 0 Å². The molecule has 1 aliphatic rings. The third-order valence-electron chi connectivity index (χ3n) is 3.37. The van der Waals surface area contributed by atoms with Gasteiger partial charge in [0.15, 0.2) is 0 Å². The molecule has 1 heterocycles. The van der Waals surface area contributed by atoms with E-state index in [4.69, 9.17) is 9.47 Å². The summed E-state index contributed by atoms with van der Waals surface area (Å²) in [6.45, 7) is 0. The van der Waals surface area contributed by atoms with E-state index in [1.807, 2.05) is 12.1 Å². The van der Waals surface area contributed by atoms with Gasteiger partial charge in [0.2, 0.25) is 6.10 Å². The van der Waals surface area contributed by atoms with Crippen molar-refractivity contribution in [2.45, 2.75) is 6.10 Å². The summed E-state index contributed by atoms with van der Waals surface area (Å²) in [4.78, 5) is 10.9. The predicted molar refractivity (Wildman–Crippen MR) is 77.8 cm³/mol. The first-order valence-corrected chi connectivity index (χ1v) is 6.44. The highest BCUT2D eigenvalue weighted by Crippen LogP contribution is 2.37. The van der Waals surface area contributed by atoms with Crippen LogP contribution in [0.1, 0.15) is 17.2 Å². The molecule has 0 bridgehead atoms. The van der Waals surface area contributed by atoms with Gasteiger partial charge in [0.05, 0.1) is 12.0 Å². The molecule has 5 nitrogen and oxygen atoms in total. The van der Waals surface area contributed by atoms with Crippen molar-refractivity contribution >= 4 is 6.08 Å². The Labute approximate surface area is 121 Å².